The summed E-state index contributed by atoms with van der Waals surface area (Å²) in [5, 5.41) is 0. The van der Waals surface area contributed by atoms with Crippen molar-refractivity contribution in [2.75, 3.05) is 20.2 Å². The molecule has 1 saturated heterocycles. The maximum Gasteiger partial charge on any atom is 0.222 e. The van der Waals surface area contributed by atoms with Crippen LogP contribution >= 0.6 is 0 Å². The minimum absolute atomic E-state index is 0.247. The van der Waals surface area contributed by atoms with Gasteiger partial charge in [-0.25, -0.2) is 4.98 Å². The summed E-state index contributed by atoms with van der Waals surface area (Å²) in [5.74, 6) is 1.63. The molecule has 2 aromatic rings. The lowest BCUT2D eigenvalue weighted by Gasteiger charge is -2.33. The first-order valence-corrected chi connectivity index (χ1v) is 8.61. The molecule has 128 valence electrons. The van der Waals surface area contributed by atoms with E-state index in [1.807, 2.05) is 41.7 Å². The van der Waals surface area contributed by atoms with E-state index in [9.17, 15) is 4.79 Å². The van der Waals surface area contributed by atoms with E-state index in [4.69, 9.17) is 4.74 Å². The van der Waals surface area contributed by atoms with Crippen molar-refractivity contribution >= 4 is 5.91 Å². The maximum absolute atomic E-state index is 12.6. The number of aryl methyl sites for hydroxylation is 1. The predicted octanol–water partition coefficient (Wildman–Crippen LogP) is 2.76. The maximum atomic E-state index is 12.6. The quantitative estimate of drug-likeness (QED) is 0.820. The number of nitrogens with zero attached hydrogens (tertiary/aromatic N) is 3. The molecule has 0 N–H and O–H groups in total. The minimum atomic E-state index is 0.247. The number of piperidine rings is 1. The van der Waals surface area contributed by atoms with Crippen LogP contribution in [0.4, 0.5) is 0 Å². The first-order valence-electron chi connectivity index (χ1n) is 8.61. The van der Waals surface area contributed by atoms with Crippen LogP contribution in [0.25, 0.3) is 0 Å². The zero-order chi connectivity index (χ0) is 16.8. The lowest BCUT2D eigenvalue weighted by atomic mass is 9.97. The molecule has 1 aromatic carbocycles. The first kappa shape index (κ1) is 16.6. The van der Waals surface area contributed by atoms with E-state index in [-0.39, 0.29) is 5.91 Å². The third-order valence-corrected chi connectivity index (χ3v) is 4.70. The molecule has 2 heterocycles. The average molecular weight is 327 g/mol. The van der Waals surface area contributed by atoms with Gasteiger partial charge in [-0.15, -0.1) is 0 Å². The number of likely N-dealkylation sites (tertiary alicyclic amines) is 1. The second kappa shape index (κ2) is 7.99. The Hall–Kier alpha value is -2.30. The molecule has 0 aliphatic carbocycles. The number of carbonyl (C=O) groups is 1. The summed E-state index contributed by atoms with van der Waals surface area (Å²) in [7, 11) is 1.67. The van der Waals surface area contributed by atoms with E-state index in [2.05, 4.69) is 9.55 Å². The fourth-order valence-electron chi connectivity index (χ4n) is 3.44. The molecule has 1 amide bonds. The highest BCUT2D eigenvalue weighted by Gasteiger charge is 2.23. The Bertz CT molecular complexity index is 654. The van der Waals surface area contributed by atoms with Gasteiger partial charge in [-0.05, 0) is 36.8 Å². The summed E-state index contributed by atoms with van der Waals surface area (Å²) >= 11 is 0. The topological polar surface area (TPSA) is 47.4 Å². The molecule has 5 heteroatoms. The molecule has 0 radical (unpaired) electrons. The summed E-state index contributed by atoms with van der Waals surface area (Å²) < 4.78 is 7.47. The molecule has 1 fully saturated rings. The van der Waals surface area contributed by atoms with Crippen molar-refractivity contribution < 1.29 is 9.53 Å². The van der Waals surface area contributed by atoms with Crippen LogP contribution in [0.15, 0.2) is 43.0 Å². The molecule has 0 unspecified atom stereocenters. The Morgan fingerprint density at radius 2 is 2.25 bits per heavy atom. The third-order valence-electron chi connectivity index (χ3n) is 4.70. The van der Waals surface area contributed by atoms with Crippen LogP contribution in [0.5, 0.6) is 5.75 Å². The zero-order valence-electron chi connectivity index (χ0n) is 14.2. The highest BCUT2D eigenvalue weighted by molar-refractivity contribution is 5.76. The van der Waals surface area contributed by atoms with E-state index in [1.54, 1.807) is 13.3 Å². The Morgan fingerprint density at radius 1 is 1.38 bits per heavy atom. The number of methoxy groups -OCH3 is 1. The van der Waals surface area contributed by atoms with Crippen molar-refractivity contribution in [1.29, 1.82) is 0 Å². The van der Waals surface area contributed by atoms with Gasteiger partial charge in [0.25, 0.3) is 0 Å². The van der Waals surface area contributed by atoms with Gasteiger partial charge in [0.2, 0.25) is 5.91 Å². The van der Waals surface area contributed by atoms with Gasteiger partial charge in [0.1, 0.15) is 5.75 Å². The van der Waals surface area contributed by atoms with Crippen LogP contribution in [-0.4, -0.2) is 40.6 Å². The number of ether oxygens (including phenoxy) is 1. The molecule has 0 spiro atoms. The Balaban J connectivity index is 1.52. The SMILES string of the molecule is COc1ccccc1CCC(=O)N1CCC[C@H](Cn2ccnc2)C1. The summed E-state index contributed by atoms with van der Waals surface area (Å²) in [5.41, 5.74) is 1.10. The van der Waals surface area contributed by atoms with Crippen LogP contribution in [0, 0.1) is 5.92 Å². The summed E-state index contributed by atoms with van der Waals surface area (Å²) in [6.07, 6.45) is 9.17. The van der Waals surface area contributed by atoms with E-state index in [1.165, 1.54) is 6.42 Å². The summed E-state index contributed by atoms with van der Waals surface area (Å²) in [6.45, 7) is 2.67. The van der Waals surface area contributed by atoms with Crippen LogP contribution in [-0.2, 0) is 17.8 Å². The number of hydrogen-bond donors (Lipinski definition) is 0. The van der Waals surface area contributed by atoms with Crippen molar-refractivity contribution in [3.8, 4) is 5.75 Å². The molecule has 3 rings (SSSR count). The fraction of sp³-hybridized carbons (Fsp3) is 0.474. The number of aromatic nitrogens is 2. The van der Waals surface area contributed by atoms with E-state index < -0.39 is 0 Å². The molecule has 1 aliphatic heterocycles. The van der Waals surface area contributed by atoms with Crippen LogP contribution in [0.2, 0.25) is 0 Å². The van der Waals surface area contributed by atoms with E-state index in [0.717, 1.165) is 43.8 Å². The number of imidazole rings is 1. The van der Waals surface area contributed by atoms with Gasteiger partial charge in [-0.1, -0.05) is 18.2 Å². The highest BCUT2D eigenvalue weighted by Crippen LogP contribution is 2.22. The molecule has 5 nitrogen and oxygen atoms in total. The molecule has 0 bridgehead atoms. The average Bonchev–Trinajstić information content (AvgIpc) is 3.13. The molecule has 24 heavy (non-hydrogen) atoms. The number of amides is 1. The highest BCUT2D eigenvalue weighted by atomic mass is 16.5. The molecular weight excluding hydrogens is 302 g/mol. The molecular formula is C19H25N3O2. The van der Waals surface area contributed by atoms with E-state index in [0.29, 0.717) is 12.3 Å². The first-order chi connectivity index (χ1) is 11.8. The normalized spacial score (nSPS) is 17.7. The monoisotopic (exact) mass is 327 g/mol. The number of hydrogen-bond acceptors (Lipinski definition) is 3. The number of benzene rings is 1. The smallest absolute Gasteiger partial charge is 0.222 e. The second-order valence-corrected chi connectivity index (χ2v) is 6.42. The largest absolute Gasteiger partial charge is 0.496 e. The molecule has 1 aliphatic rings. The van der Waals surface area contributed by atoms with Crippen molar-refractivity contribution in [3.05, 3.63) is 48.5 Å². The lowest BCUT2D eigenvalue weighted by molar-refractivity contribution is -0.133. The Kier molecular flexibility index (Phi) is 5.51. The van der Waals surface area contributed by atoms with Crippen molar-refractivity contribution in [2.45, 2.75) is 32.2 Å². The van der Waals surface area contributed by atoms with Crippen molar-refractivity contribution in [1.82, 2.24) is 14.5 Å². The van der Waals surface area contributed by atoms with Gasteiger partial charge in [-0.3, -0.25) is 4.79 Å². The van der Waals surface area contributed by atoms with Crippen molar-refractivity contribution in [3.63, 3.8) is 0 Å². The van der Waals surface area contributed by atoms with Gasteiger partial charge in [0, 0.05) is 38.4 Å². The van der Waals surface area contributed by atoms with Gasteiger partial charge in [0.15, 0.2) is 0 Å². The number of carbonyl (C=O) groups excluding carboxylic acids is 1. The van der Waals surface area contributed by atoms with E-state index >= 15 is 0 Å². The zero-order valence-corrected chi connectivity index (χ0v) is 14.2. The van der Waals surface area contributed by atoms with Crippen LogP contribution in [0.1, 0.15) is 24.8 Å². The number of para-hydroxylation sites is 1. The third kappa shape index (κ3) is 4.16. The van der Waals surface area contributed by atoms with Crippen molar-refractivity contribution in [2.24, 2.45) is 5.92 Å². The number of rotatable bonds is 6. The standard InChI is InChI=1S/C19H25N3O2/c1-24-18-7-3-2-6-17(18)8-9-19(23)22-11-4-5-16(14-22)13-21-12-10-20-15-21/h2-3,6-7,10,12,15-16H,4-5,8-9,11,13-14H2,1H3/t16-/m1/s1. The lowest BCUT2D eigenvalue weighted by Crippen LogP contribution is -2.41. The van der Waals surface area contributed by atoms with Gasteiger partial charge in [0.05, 0.1) is 13.4 Å². The molecule has 1 atom stereocenters. The minimum Gasteiger partial charge on any atom is -0.496 e. The van der Waals surface area contributed by atoms with Crippen LogP contribution < -0.4 is 4.74 Å². The molecule has 1 aromatic heterocycles. The van der Waals surface area contributed by atoms with Gasteiger partial charge < -0.3 is 14.2 Å². The summed E-state index contributed by atoms with van der Waals surface area (Å²) in [4.78, 5) is 18.7. The second-order valence-electron chi connectivity index (χ2n) is 6.42. The Morgan fingerprint density at radius 3 is 3.04 bits per heavy atom. The predicted molar refractivity (Wildman–Crippen MR) is 92.8 cm³/mol. The van der Waals surface area contributed by atoms with Crippen LogP contribution in [0.3, 0.4) is 0 Å². The molecule has 0 saturated carbocycles. The Labute approximate surface area is 143 Å². The van der Waals surface area contributed by atoms with Gasteiger partial charge in [-0.2, -0.15) is 0 Å². The van der Waals surface area contributed by atoms with Gasteiger partial charge >= 0.3 is 0 Å². The fourth-order valence-corrected chi connectivity index (χ4v) is 3.44. The summed E-state index contributed by atoms with van der Waals surface area (Å²) in [6, 6.07) is 7.92.